The van der Waals surface area contributed by atoms with Crippen molar-refractivity contribution in [2.75, 3.05) is 6.61 Å². The maximum Gasteiger partial charge on any atom is 0.241 e. The molecule has 1 aliphatic heterocycles. The number of pyridine rings is 1. The van der Waals surface area contributed by atoms with Gasteiger partial charge in [-0.1, -0.05) is 6.07 Å². The fourth-order valence-corrected chi connectivity index (χ4v) is 4.09. The first-order chi connectivity index (χ1) is 11.5. The number of sulfonamides is 1. The molecule has 0 fully saturated rings. The Kier molecular flexibility index (Phi) is 3.50. The predicted molar refractivity (Wildman–Crippen MR) is 87.4 cm³/mol. The van der Waals surface area contributed by atoms with Crippen molar-refractivity contribution in [3.05, 3.63) is 54.0 Å². The zero-order chi connectivity index (χ0) is 16.7. The molecule has 3 heterocycles. The van der Waals surface area contributed by atoms with Gasteiger partial charge in [-0.3, -0.25) is 4.40 Å². The summed E-state index contributed by atoms with van der Waals surface area (Å²) in [6.45, 7) is 2.34. The number of hydrogen-bond acceptors (Lipinski definition) is 5. The van der Waals surface area contributed by atoms with Gasteiger partial charge in [0.1, 0.15) is 5.75 Å². The van der Waals surface area contributed by atoms with E-state index in [1.807, 2.05) is 24.4 Å². The largest absolute Gasteiger partial charge is 0.493 e. The van der Waals surface area contributed by atoms with Gasteiger partial charge in [-0.05, 0) is 42.8 Å². The number of aromatic nitrogens is 3. The minimum atomic E-state index is -3.66. The minimum Gasteiger partial charge on any atom is -0.493 e. The van der Waals surface area contributed by atoms with Crippen LogP contribution in [0.3, 0.4) is 0 Å². The van der Waals surface area contributed by atoms with Gasteiger partial charge in [0, 0.05) is 12.6 Å². The first kappa shape index (κ1) is 15.1. The van der Waals surface area contributed by atoms with Crippen molar-refractivity contribution < 1.29 is 13.2 Å². The molecule has 1 atom stereocenters. The van der Waals surface area contributed by atoms with E-state index in [0.29, 0.717) is 18.1 Å². The summed E-state index contributed by atoms with van der Waals surface area (Å²) in [5.41, 5.74) is 1.59. The number of fused-ring (bicyclic) bond motifs is 2. The van der Waals surface area contributed by atoms with Crippen LogP contribution < -0.4 is 9.46 Å². The molecule has 0 aliphatic carbocycles. The molecular weight excluding hydrogens is 328 g/mol. The van der Waals surface area contributed by atoms with Gasteiger partial charge >= 0.3 is 0 Å². The fourth-order valence-electron chi connectivity index (χ4n) is 2.84. The van der Waals surface area contributed by atoms with Crippen LogP contribution in [0.5, 0.6) is 5.75 Å². The SMILES string of the molecule is CC(NS(=O)(=O)c1ccc2c(c1)CCO2)c1nnc2ccccn12. The molecule has 124 valence electrons. The lowest BCUT2D eigenvalue weighted by atomic mass is 10.2. The maximum absolute atomic E-state index is 12.7. The highest BCUT2D eigenvalue weighted by Gasteiger charge is 2.23. The molecule has 24 heavy (non-hydrogen) atoms. The van der Waals surface area contributed by atoms with Crippen molar-refractivity contribution in [1.29, 1.82) is 0 Å². The van der Waals surface area contributed by atoms with Crippen molar-refractivity contribution in [3.63, 3.8) is 0 Å². The number of ether oxygens (including phenoxy) is 1. The molecule has 7 nitrogen and oxygen atoms in total. The molecule has 4 rings (SSSR count). The Balaban J connectivity index is 1.64. The third-order valence-electron chi connectivity index (χ3n) is 4.03. The van der Waals surface area contributed by atoms with E-state index in [9.17, 15) is 8.42 Å². The average Bonchev–Trinajstić information content (AvgIpc) is 3.20. The molecule has 0 amide bonds. The van der Waals surface area contributed by atoms with Gasteiger partial charge in [0.2, 0.25) is 10.0 Å². The molecule has 3 aromatic rings. The van der Waals surface area contributed by atoms with Crippen LogP contribution in [-0.4, -0.2) is 29.6 Å². The van der Waals surface area contributed by atoms with E-state index >= 15 is 0 Å². The molecule has 2 aromatic heterocycles. The van der Waals surface area contributed by atoms with Crippen molar-refractivity contribution in [2.45, 2.75) is 24.3 Å². The molecule has 0 saturated heterocycles. The molecule has 8 heteroatoms. The van der Waals surface area contributed by atoms with Crippen molar-refractivity contribution in [3.8, 4) is 5.75 Å². The van der Waals surface area contributed by atoms with E-state index in [1.165, 1.54) is 0 Å². The Bertz CT molecular complexity index is 1010. The number of nitrogens with one attached hydrogen (secondary N) is 1. The summed E-state index contributed by atoms with van der Waals surface area (Å²) in [5.74, 6) is 1.30. The molecule has 0 radical (unpaired) electrons. The van der Waals surface area contributed by atoms with Crippen LogP contribution in [0.15, 0.2) is 47.5 Å². The number of hydrogen-bond donors (Lipinski definition) is 1. The third-order valence-corrected chi connectivity index (χ3v) is 5.57. The lowest BCUT2D eigenvalue weighted by Gasteiger charge is -2.13. The third kappa shape index (κ3) is 2.53. The van der Waals surface area contributed by atoms with E-state index in [-0.39, 0.29) is 4.90 Å². The van der Waals surface area contributed by atoms with Gasteiger partial charge in [-0.2, -0.15) is 0 Å². The van der Waals surface area contributed by atoms with Gasteiger partial charge in [0.05, 0.1) is 17.5 Å². The predicted octanol–water partition coefficient (Wildman–Crippen LogP) is 1.70. The summed E-state index contributed by atoms with van der Waals surface area (Å²) in [6.07, 6.45) is 2.53. The molecule has 1 aromatic carbocycles. The lowest BCUT2D eigenvalue weighted by molar-refractivity contribution is 0.356. The van der Waals surface area contributed by atoms with Gasteiger partial charge < -0.3 is 4.74 Å². The second-order valence-electron chi connectivity index (χ2n) is 5.70. The van der Waals surface area contributed by atoms with Crippen LogP contribution >= 0.6 is 0 Å². The van der Waals surface area contributed by atoms with E-state index in [1.54, 1.807) is 29.5 Å². The molecule has 0 spiro atoms. The summed E-state index contributed by atoms with van der Waals surface area (Å²) in [6, 6.07) is 9.93. The smallest absolute Gasteiger partial charge is 0.241 e. The lowest BCUT2D eigenvalue weighted by Crippen LogP contribution is -2.28. The van der Waals surface area contributed by atoms with E-state index in [4.69, 9.17) is 4.74 Å². The highest BCUT2D eigenvalue weighted by atomic mass is 32.2. The van der Waals surface area contributed by atoms with Crippen LogP contribution in [0.25, 0.3) is 5.65 Å². The normalized spacial score (nSPS) is 15.2. The van der Waals surface area contributed by atoms with Gasteiger partial charge in [-0.25, -0.2) is 13.1 Å². The Labute approximate surface area is 139 Å². The standard InChI is InChI=1S/C16H16N4O3S/c1-11(16-18-17-15-4-2-3-8-20(15)16)19-24(21,22)13-5-6-14-12(10-13)7-9-23-14/h2-6,8,10-11,19H,7,9H2,1H3. The second-order valence-corrected chi connectivity index (χ2v) is 7.41. The minimum absolute atomic E-state index is 0.229. The van der Waals surface area contributed by atoms with Gasteiger partial charge in [0.25, 0.3) is 0 Å². The molecule has 1 unspecified atom stereocenters. The molecule has 1 N–H and O–H groups in total. The van der Waals surface area contributed by atoms with Crippen LogP contribution in [0.1, 0.15) is 24.4 Å². The Morgan fingerprint density at radius 3 is 3.00 bits per heavy atom. The van der Waals surface area contributed by atoms with Crippen LogP contribution in [0.2, 0.25) is 0 Å². The van der Waals surface area contributed by atoms with E-state index in [2.05, 4.69) is 14.9 Å². The quantitative estimate of drug-likeness (QED) is 0.779. The number of nitrogens with zero attached hydrogens (tertiary/aromatic N) is 3. The first-order valence-corrected chi connectivity index (χ1v) is 9.11. The Hall–Kier alpha value is -2.45. The average molecular weight is 344 g/mol. The number of benzene rings is 1. The van der Waals surface area contributed by atoms with Gasteiger partial charge in [-0.15, -0.1) is 10.2 Å². The summed E-state index contributed by atoms with van der Waals surface area (Å²) >= 11 is 0. The van der Waals surface area contributed by atoms with Crippen molar-refractivity contribution >= 4 is 15.7 Å². The van der Waals surface area contributed by atoms with Crippen LogP contribution in [0.4, 0.5) is 0 Å². The number of rotatable bonds is 4. The second kappa shape index (κ2) is 5.57. The molecule has 0 saturated carbocycles. The topological polar surface area (TPSA) is 85.6 Å². The molecule has 1 aliphatic rings. The summed E-state index contributed by atoms with van der Waals surface area (Å²) in [7, 11) is -3.66. The maximum atomic E-state index is 12.7. The summed E-state index contributed by atoms with van der Waals surface area (Å²) in [4.78, 5) is 0.229. The highest BCUT2D eigenvalue weighted by Crippen LogP contribution is 2.28. The van der Waals surface area contributed by atoms with Crippen LogP contribution in [-0.2, 0) is 16.4 Å². The first-order valence-electron chi connectivity index (χ1n) is 7.62. The highest BCUT2D eigenvalue weighted by molar-refractivity contribution is 7.89. The van der Waals surface area contributed by atoms with E-state index < -0.39 is 16.1 Å². The molecule has 0 bridgehead atoms. The fraction of sp³-hybridized carbons (Fsp3) is 0.250. The summed E-state index contributed by atoms with van der Waals surface area (Å²) in [5, 5.41) is 8.15. The Morgan fingerprint density at radius 2 is 2.12 bits per heavy atom. The Morgan fingerprint density at radius 1 is 1.25 bits per heavy atom. The zero-order valence-corrected chi connectivity index (χ0v) is 13.8. The van der Waals surface area contributed by atoms with Crippen molar-refractivity contribution in [1.82, 2.24) is 19.3 Å². The van der Waals surface area contributed by atoms with E-state index in [0.717, 1.165) is 17.7 Å². The van der Waals surface area contributed by atoms with Crippen molar-refractivity contribution in [2.24, 2.45) is 0 Å². The van der Waals surface area contributed by atoms with Crippen LogP contribution in [0, 0.1) is 0 Å². The zero-order valence-electron chi connectivity index (χ0n) is 13.0. The molecular formula is C16H16N4O3S. The monoisotopic (exact) mass is 344 g/mol. The van der Waals surface area contributed by atoms with Gasteiger partial charge in [0.15, 0.2) is 11.5 Å². The summed E-state index contributed by atoms with van der Waals surface area (Å²) < 4.78 is 35.2.